The molecule has 0 aliphatic rings. The van der Waals surface area contributed by atoms with E-state index in [9.17, 15) is 8.42 Å². The molecule has 0 fully saturated rings. The van der Waals surface area contributed by atoms with Gasteiger partial charge in [0.15, 0.2) is 5.96 Å². The molecule has 23 heavy (non-hydrogen) atoms. The molecule has 0 aliphatic carbocycles. The smallest absolute Gasteiger partial charge is 0.241 e. The van der Waals surface area contributed by atoms with Crippen LogP contribution in [0.1, 0.15) is 26.3 Å². The maximum absolute atomic E-state index is 12.6. The van der Waals surface area contributed by atoms with Crippen molar-refractivity contribution >= 4 is 16.0 Å². The molecule has 0 amide bonds. The number of nitrogens with one attached hydrogen (secondary N) is 3. The van der Waals surface area contributed by atoms with Crippen LogP contribution in [0.4, 0.5) is 0 Å². The van der Waals surface area contributed by atoms with Gasteiger partial charge in [-0.3, -0.25) is 4.99 Å². The Bertz CT molecular complexity index is 661. The van der Waals surface area contributed by atoms with Gasteiger partial charge in [0, 0.05) is 25.7 Å². The maximum atomic E-state index is 12.6. The van der Waals surface area contributed by atoms with Crippen molar-refractivity contribution < 1.29 is 8.42 Å². The van der Waals surface area contributed by atoms with E-state index < -0.39 is 15.6 Å². The van der Waals surface area contributed by atoms with Crippen molar-refractivity contribution in [3.63, 3.8) is 0 Å². The number of guanidine groups is 1. The highest BCUT2D eigenvalue weighted by molar-refractivity contribution is 7.89. The Hall–Kier alpha value is -1.86. The first kappa shape index (κ1) is 19.2. The fourth-order valence-electron chi connectivity index (χ4n) is 1.94. The van der Waals surface area contributed by atoms with Gasteiger partial charge in [-0.1, -0.05) is 24.3 Å². The SMILES string of the molecule is C=CCNC(=NC)NCc1ccccc1S(=O)(=O)NC(C)(C)C. The van der Waals surface area contributed by atoms with Gasteiger partial charge in [0.1, 0.15) is 0 Å². The molecule has 128 valence electrons. The molecule has 0 saturated heterocycles. The highest BCUT2D eigenvalue weighted by Gasteiger charge is 2.24. The van der Waals surface area contributed by atoms with Gasteiger partial charge in [0.05, 0.1) is 4.90 Å². The molecule has 6 nitrogen and oxygen atoms in total. The van der Waals surface area contributed by atoms with E-state index in [0.29, 0.717) is 24.6 Å². The van der Waals surface area contributed by atoms with Crippen LogP contribution in [0, 0.1) is 0 Å². The Labute approximate surface area is 139 Å². The second-order valence-corrected chi connectivity index (χ2v) is 7.71. The van der Waals surface area contributed by atoms with Gasteiger partial charge < -0.3 is 10.6 Å². The lowest BCUT2D eigenvalue weighted by atomic mass is 10.1. The first-order valence-corrected chi connectivity index (χ1v) is 8.85. The minimum Gasteiger partial charge on any atom is -0.353 e. The summed E-state index contributed by atoms with van der Waals surface area (Å²) in [5, 5.41) is 6.14. The summed E-state index contributed by atoms with van der Waals surface area (Å²) in [5.41, 5.74) is 0.131. The van der Waals surface area contributed by atoms with Crippen molar-refractivity contribution in [1.82, 2.24) is 15.4 Å². The van der Waals surface area contributed by atoms with Crippen LogP contribution in [0.25, 0.3) is 0 Å². The van der Waals surface area contributed by atoms with Gasteiger partial charge >= 0.3 is 0 Å². The van der Waals surface area contributed by atoms with Crippen LogP contribution in [-0.4, -0.2) is 33.5 Å². The molecule has 0 aromatic heterocycles. The minimum atomic E-state index is -3.59. The zero-order valence-electron chi connectivity index (χ0n) is 14.2. The molecule has 0 atom stereocenters. The van der Waals surface area contributed by atoms with E-state index >= 15 is 0 Å². The third-order valence-corrected chi connectivity index (χ3v) is 4.64. The summed E-state index contributed by atoms with van der Waals surface area (Å²) >= 11 is 0. The Morgan fingerprint density at radius 3 is 2.48 bits per heavy atom. The lowest BCUT2D eigenvalue weighted by Gasteiger charge is -2.22. The van der Waals surface area contributed by atoms with Crippen molar-refractivity contribution in [2.45, 2.75) is 37.8 Å². The molecule has 7 heteroatoms. The van der Waals surface area contributed by atoms with Crippen LogP contribution in [-0.2, 0) is 16.6 Å². The molecule has 0 radical (unpaired) electrons. The predicted molar refractivity (Wildman–Crippen MR) is 94.9 cm³/mol. The Morgan fingerprint density at radius 2 is 1.91 bits per heavy atom. The van der Waals surface area contributed by atoms with E-state index in [1.54, 1.807) is 31.3 Å². The molecule has 3 N–H and O–H groups in total. The van der Waals surface area contributed by atoms with Crippen LogP contribution in [0.3, 0.4) is 0 Å². The molecule has 0 spiro atoms. The van der Waals surface area contributed by atoms with Crippen molar-refractivity contribution in [2.75, 3.05) is 13.6 Å². The van der Waals surface area contributed by atoms with Crippen LogP contribution in [0.2, 0.25) is 0 Å². The standard InChI is InChI=1S/C16H26N4O2S/c1-6-11-18-15(17-5)19-12-13-9-7-8-10-14(13)23(21,22)20-16(2,3)4/h6-10,20H,1,11-12H2,2-5H3,(H2,17,18,19). The molecule has 1 rings (SSSR count). The second-order valence-electron chi connectivity index (χ2n) is 6.06. The van der Waals surface area contributed by atoms with E-state index in [4.69, 9.17) is 0 Å². The fourth-order valence-corrected chi connectivity index (χ4v) is 3.60. The van der Waals surface area contributed by atoms with E-state index in [2.05, 4.69) is 26.9 Å². The monoisotopic (exact) mass is 338 g/mol. The van der Waals surface area contributed by atoms with Gasteiger partial charge in [-0.05, 0) is 32.4 Å². The highest BCUT2D eigenvalue weighted by atomic mass is 32.2. The fraction of sp³-hybridized carbons (Fsp3) is 0.438. The van der Waals surface area contributed by atoms with Crippen LogP contribution in [0.15, 0.2) is 46.8 Å². The Kier molecular flexibility index (Phi) is 6.78. The van der Waals surface area contributed by atoms with Gasteiger partial charge in [-0.25, -0.2) is 13.1 Å². The van der Waals surface area contributed by atoms with Gasteiger partial charge in [0.2, 0.25) is 10.0 Å². The largest absolute Gasteiger partial charge is 0.353 e. The summed E-state index contributed by atoms with van der Waals surface area (Å²) in [7, 11) is -1.93. The molecule has 0 saturated carbocycles. The number of sulfonamides is 1. The highest BCUT2D eigenvalue weighted by Crippen LogP contribution is 2.17. The lowest BCUT2D eigenvalue weighted by Crippen LogP contribution is -2.41. The third-order valence-electron chi connectivity index (χ3n) is 2.79. The summed E-state index contributed by atoms with van der Waals surface area (Å²) < 4.78 is 27.8. The van der Waals surface area contributed by atoms with E-state index in [1.165, 1.54) is 0 Å². The molecule has 0 heterocycles. The number of benzene rings is 1. The summed E-state index contributed by atoms with van der Waals surface area (Å²) in [6.07, 6.45) is 1.72. The molecular weight excluding hydrogens is 312 g/mol. The molecule has 1 aromatic carbocycles. The first-order valence-electron chi connectivity index (χ1n) is 7.37. The average molecular weight is 338 g/mol. The normalized spacial score (nSPS) is 12.8. The van der Waals surface area contributed by atoms with E-state index in [0.717, 1.165) is 0 Å². The van der Waals surface area contributed by atoms with E-state index in [1.807, 2.05) is 26.8 Å². The Balaban J connectivity index is 2.96. The van der Waals surface area contributed by atoms with Crippen molar-refractivity contribution in [2.24, 2.45) is 4.99 Å². The van der Waals surface area contributed by atoms with Gasteiger partial charge in [-0.15, -0.1) is 6.58 Å². The molecule has 0 aliphatic heterocycles. The predicted octanol–water partition coefficient (Wildman–Crippen LogP) is 1.61. The number of nitrogens with zero attached hydrogens (tertiary/aromatic N) is 1. The number of rotatable bonds is 6. The van der Waals surface area contributed by atoms with Gasteiger partial charge in [-0.2, -0.15) is 0 Å². The molecule has 1 aromatic rings. The van der Waals surface area contributed by atoms with Crippen LogP contribution in [0.5, 0.6) is 0 Å². The maximum Gasteiger partial charge on any atom is 0.241 e. The molecule has 0 unspecified atom stereocenters. The lowest BCUT2D eigenvalue weighted by molar-refractivity contribution is 0.491. The van der Waals surface area contributed by atoms with Crippen molar-refractivity contribution in [3.05, 3.63) is 42.5 Å². The molecule has 0 bridgehead atoms. The zero-order chi connectivity index (χ0) is 17.5. The van der Waals surface area contributed by atoms with Gasteiger partial charge in [0.25, 0.3) is 0 Å². The second kappa shape index (κ2) is 8.12. The number of hydrogen-bond acceptors (Lipinski definition) is 3. The average Bonchev–Trinajstić information content (AvgIpc) is 2.45. The van der Waals surface area contributed by atoms with Crippen molar-refractivity contribution in [1.29, 1.82) is 0 Å². The van der Waals surface area contributed by atoms with Crippen LogP contribution >= 0.6 is 0 Å². The summed E-state index contributed by atoms with van der Waals surface area (Å²) in [6, 6.07) is 6.91. The zero-order valence-corrected chi connectivity index (χ0v) is 15.0. The molecular formula is C16H26N4O2S. The third kappa shape index (κ3) is 6.42. The summed E-state index contributed by atoms with van der Waals surface area (Å²) in [6.45, 7) is 9.99. The Morgan fingerprint density at radius 1 is 1.26 bits per heavy atom. The topological polar surface area (TPSA) is 82.6 Å². The quantitative estimate of drug-likeness (QED) is 0.418. The van der Waals surface area contributed by atoms with Crippen LogP contribution < -0.4 is 15.4 Å². The van der Waals surface area contributed by atoms with Crippen molar-refractivity contribution in [3.8, 4) is 0 Å². The number of hydrogen-bond donors (Lipinski definition) is 3. The first-order chi connectivity index (χ1) is 10.7. The number of aliphatic imine (C=N–C) groups is 1. The minimum absolute atomic E-state index is 0.265. The summed E-state index contributed by atoms with van der Waals surface area (Å²) in [4.78, 5) is 4.34. The summed E-state index contributed by atoms with van der Waals surface area (Å²) in [5.74, 6) is 0.584. The van der Waals surface area contributed by atoms with E-state index in [-0.39, 0.29) is 4.90 Å².